The third kappa shape index (κ3) is 6.35. The minimum absolute atomic E-state index is 0.307. The summed E-state index contributed by atoms with van der Waals surface area (Å²) in [7, 11) is 0.0910. The summed E-state index contributed by atoms with van der Waals surface area (Å²) in [6.45, 7) is 0.625. The number of carboxylic acid groups (broad SMARTS) is 2. The Balaban J connectivity index is 0.000000366. The van der Waals surface area contributed by atoms with Gasteiger partial charge in [-0.2, -0.15) is 5.10 Å². The molecule has 0 aliphatic carbocycles. The number of sulfone groups is 1. The Morgan fingerprint density at radius 2 is 1.74 bits per heavy atom. The maximum absolute atomic E-state index is 13.0. The van der Waals surface area contributed by atoms with Gasteiger partial charge in [0, 0.05) is 42.4 Å². The summed E-state index contributed by atoms with van der Waals surface area (Å²) in [6, 6.07) is 12.3. The van der Waals surface area contributed by atoms with Crippen molar-refractivity contribution in [3.05, 3.63) is 65.7 Å². The molecule has 0 aliphatic rings. The first-order valence-corrected chi connectivity index (χ1v) is 11.2. The van der Waals surface area contributed by atoms with E-state index in [-0.39, 0.29) is 0 Å². The number of aromatic nitrogens is 2. The lowest BCUT2D eigenvalue weighted by Crippen LogP contribution is -2.02. The summed E-state index contributed by atoms with van der Waals surface area (Å²) < 4.78 is 28.1. The quantitative estimate of drug-likeness (QED) is 0.454. The highest BCUT2D eigenvalue weighted by Crippen LogP contribution is 2.38. The summed E-state index contributed by atoms with van der Waals surface area (Å²) in [5.74, 6) is -2.51. The number of hydrogen-bond acceptors (Lipinski definition) is 7. The zero-order valence-electron chi connectivity index (χ0n) is 16.7. The van der Waals surface area contributed by atoms with Crippen molar-refractivity contribution in [2.75, 3.05) is 7.05 Å². The van der Waals surface area contributed by atoms with E-state index in [1.54, 1.807) is 35.1 Å². The topological polar surface area (TPSA) is 139 Å². The standard InChI is InChI=1S/C16H17N3O2S2.C4H4O4/c1-17-11-12-10-14(15-8-9-18-19(15)2)16(22-12)23(20,21)13-6-4-3-5-7-13;5-3(6)1-2-4(7)8/h3-10,17H,11H2,1-2H3;1-2H,(H,5,6)(H,7,8). The molecular weight excluding hydrogens is 442 g/mol. The average Bonchev–Trinajstić information content (AvgIpc) is 3.34. The monoisotopic (exact) mass is 463 g/mol. The maximum atomic E-state index is 13.0. The lowest BCUT2D eigenvalue weighted by molar-refractivity contribution is -0.134. The van der Waals surface area contributed by atoms with Crippen molar-refractivity contribution in [2.45, 2.75) is 15.6 Å². The SMILES string of the molecule is CNCc1cc(-c2ccnn2C)c(S(=O)(=O)c2ccccc2)s1.O=C(O)C=CC(=O)O. The molecule has 0 bridgehead atoms. The summed E-state index contributed by atoms with van der Waals surface area (Å²) in [6.07, 6.45) is 2.79. The van der Waals surface area contributed by atoms with Gasteiger partial charge in [-0.1, -0.05) is 18.2 Å². The molecule has 0 unspecified atom stereocenters. The van der Waals surface area contributed by atoms with Crippen molar-refractivity contribution in [3.63, 3.8) is 0 Å². The van der Waals surface area contributed by atoms with Gasteiger partial charge >= 0.3 is 11.9 Å². The van der Waals surface area contributed by atoms with Gasteiger partial charge in [0.05, 0.1) is 10.6 Å². The van der Waals surface area contributed by atoms with Crippen molar-refractivity contribution >= 4 is 33.1 Å². The van der Waals surface area contributed by atoms with Crippen LogP contribution in [0, 0.1) is 0 Å². The summed E-state index contributed by atoms with van der Waals surface area (Å²) >= 11 is 1.30. The van der Waals surface area contributed by atoms with Crippen LogP contribution in [-0.2, 0) is 33.0 Å². The number of nitrogens with one attached hydrogen (secondary N) is 1. The Morgan fingerprint density at radius 3 is 2.23 bits per heavy atom. The molecule has 164 valence electrons. The number of thiophene rings is 1. The van der Waals surface area contributed by atoms with Crippen LogP contribution in [0.2, 0.25) is 0 Å². The van der Waals surface area contributed by atoms with Gasteiger partial charge in [-0.25, -0.2) is 18.0 Å². The zero-order chi connectivity index (χ0) is 23.0. The maximum Gasteiger partial charge on any atom is 0.328 e. The Hall–Kier alpha value is -3.28. The molecule has 0 saturated carbocycles. The molecule has 2 heterocycles. The van der Waals surface area contributed by atoms with Crippen molar-refractivity contribution in [2.24, 2.45) is 7.05 Å². The number of hydrogen-bond donors (Lipinski definition) is 3. The summed E-state index contributed by atoms with van der Waals surface area (Å²) in [5.41, 5.74) is 1.49. The fourth-order valence-electron chi connectivity index (χ4n) is 2.55. The second kappa shape index (κ2) is 10.7. The van der Waals surface area contributed by atoms with E-state index in [1.807, 2.05) is 32.3 Å². The van der Waals surface area contributed by atoms with E-state index in [0.717, 1.165) is 10.6 Å². The van der Waals surface area contributed by atoms with Gasteiger partial charge in [-0.15, -0.1) is 11.3 Å². The molecule has 9 nitrogen and oxygen atoms in total. The number of benzene rings is 1. The number of aryl methyl sites for hydroxylation is 1. The lowest BCUT2D eigenvalue weighted by Gasteiger charge is -2.06. The van der Waals surface area contributed by atoms with Crippen LogP contribution in [0.5, 0.6) is 0 Å². The van der Waals surface area contributed by atoms with Crippen LogP contribution >= 0.6 is 11.3 Å². The van der Waals surface area contributed by atoms with Gasteiger partial charge in [-0.3, -0.25) is 4.68 Å². The fourth-order valence-corrected chi connectivity index (χ4v) is 5.69. The van der Waals surface area contributed by atoms with Gasteiger partial charge in [0.15, 0.2) is 0 Å². The smallest absolute Gasteiger partial charge is 0.328 e. The minimum atomic E-state index is -3.56. The van der Waals surface area contributed by atoms with E-state index in [4.69, 9.17) is 10.2 Å². The Morgan fingerprint density at radius 1 is 1.13 bits per heavy atom. The molecule has 31 heavy (non-hydrogen) atoms. The molecule has 2 aromatic heterocycles. The number of carboxylic acids is 2. The van der Waals surface area contributed by atoms with Crippen LogP contribution in [-0.4, -0.2) is 47.4 Å². The molecule has 0 atom stereocenters. The second-order valence-corrected chi connectivity index (χ2v) is 9.39. The van der Waals surface area contributed by atoms with Crippen molar-refractivity contribution in [1.82, 2.24) is 15.1 Å². The van der Waals surface area contributed by atoms with E-state index in [2.05, 4.69) is 10.4 Å². The highest BCUT2D eigenvalue weighted by molar-refractivity contribution is 7.93. The van der Waals surface area contributed by atoms with Crippen LogP contribution in [0.3, 0.4) is 0 Å². The highest BCUT2D eigenvalue weighted by atomic mass is 32.2. The van der Waals surface area contributed by atoms with Gasteiger partial charge in [0.1, 0.15) is 4.21 Å². The Bertz CT molecular complexity index is 1160. The van der Waals surface area contributed by atoms with Crippen molar-refractivity contribution in [1.29, 1.82) is 0 Å². The van der Waals surface area contributed by atoms with Gasteiger partial charge < -0.3 is 15.5 Å². The molecule has 3 aromatic rings. The van der Waals surface area contributed by atoms with E-state index in [0.29, 0.717) is 33.4 Å². The normalized spacial score (nSPS) is 11.2. The molecule has 1 aromatic carbocycles. The molecular formula is C20H21N3O6S2. The second-order valence-electron chi connectivity index (χ2n) is 6.11. The van der Waals surface area contributed by atoms with Crippen LogP contribution in [0.25, 0.3) is 11.3 Å². The van der Waals surface area contributed by atoms with Crippen molar-refractivity contribution < 1.29 is 28.2 Å². The van der Waals surface area contributed by atoms with Gasteiger partial charge in [0.2, 0.25) is 9.84 Å². The highest BCUT2D eigenvalue weighted by Gasteiger charge is 2.26. The minimum Gasteiger partial charge on any atom is -0.478 e. The van der Waals surface area contributed by atoms with E-state index in [1.165, 1.54) is 11.3 Å². The van der Waals surface area contributed by atoms with E-state index < -0.39 is 21.8 Å². The molecule has 3 rings (SSSR count). The fraction of sp³-hybridized carbons (Fsp3) is 0.150. The average molecular weight is 464 g/mol. The molecule has 11 heteroatoms. The molecule has 0 fully saturated rings. The molecule has 0 saturated heterocycles. The largest absolute Gasteiger partial charge is 0.478 e. The Kier molecular flexibility index (Phi) is 8.25. The van der Waals surface area contributed by atoms with E-state index in [9.17, 15) is 18.0 Å². The molecule has 0 aliphatic heterocycles. The zero-order valence-corrected chi connectivity index (χ0v) is 18.4. The first-order valence-electron chi connectivity index (χ1n) is 8.86. The van der Waals surface area contributed by atoms with Crippen LogP contribution in [0.1, 0.15) is 4.88 Å². The molecule has 0 radical (unpaired) electrons. The van der Waals surface area contributed by atoms with Gasteiger partial charge in [-0.05, 0) is 31.3 Å². The number of rotatable bonds is 7. The number of nitrogens with zero attached hydrogens (tertiary/aromatic N) is 2. The molecule has 0 amide bonds. The predicted octanol–water partition coefficient (Wildman–Crippen LogP) is 2.41. The predicted molar refractivity (Wildman–Crippen MR) is 116 cm³/mol. The van der Waals surface area contributed by atoms with Crippen LogP contribution in [0.4, 0.5) is 0 Å². The first-order chi connectivity index (χ1) is 14.7. The van der Waals surface area contributed by atoms with Crippen LogP contribution < -0.4 is 5.32 Å². The third-order valence-corrected chi connectivity index (χ3v) is 7.30. The van der Waals surface area contributed by atoms with Gasteiger partial charge in [0.25, 0.3) is 0 Å². The third-order valence-electron chi connectivity index (χ3n) is 3.86. The first kappa shape index (κ1) is 24.0. The lowest BCUT2D eigenvalue weighted by atomic mass is 10.2. The Labute approximate surface area is 183 Å². The molecule has 3 N–H and O–H groups in total. The number of aliphatic carboxylic acids is 2. The van der Waals surface area contributed by atoms with Crippen LogP contribution in [0.15, 0.2) is 69.9 Å². The van der Waals surface area contributed by atoms with E-state index >= 15 is 0 Å². The molecule has 0 spiro atoms. The summed E-state index contributed by atoms with van der Waals surface area (Å²) in [4.78, 5) is 20.4. The summed E-state index contributed by atoms with van der Waals surface area (Å²) in [5, 5.41) is 22.8. The number of carbonyl (C=O) groups is 2. The van der Waals surface area contributed by atoms with Crippen molar-refractivity contribution in [3.8, 4) is 11.3 Å².